The summed E-state index contributed by atoms with van der Waals surface area (Å²) in [7, 11) is 0. The zero-order valence-electron chi connectivity index (χ0n) is 17.2. The molecule has 2 heterocycles. The number of nitrogens with zero attached hydrogens (tertiary/aromatic N) is 2. The van der Waals surface area contributed by atoms with Crippen LogP contribution >= 0.6 is 0 Å². The van der Waals surface area contributed by atoms with Crippen molar-refractivity contribution in [1.29, 1.82) is 0 Å². The third kappa shape index (κ3) is 3.77. The molecular formula is C26H30N2. The van der Waals surface area contributed by atoms with E-state index >= 15 is 0 Å². The van der Waals surface area contributed by atoms with E-state index < -0.39 is 0 Å². The highest BCUT2D eigenvalue weighted by atomic mass is 15.2. The number of hydrogen-bond donors (Lipinski definition) is 0. The van der Waals surface area contributed by atoms with Crippen molar-refractivity contribution in [3.8, 4) is 0 Å². The molecule has 0 spiro atoms. The molecule has 2 aromatic heterocycles. The van der Waals surface area contributed by atoms with Crippen LogP contribution in [0.3, 0.4) is 0 Å². The highest BCUT2D eigenvalue weighted by Gasteiger charge is 2.19. The molecule has 4 rings (SSSR count). The first-order valence-corrected chi connectivity index (χ1v) is 10.4. The molecule has 144 valence electrons. The zero-order valence-corrected chi connectivity index (χ0v) is 17.2. The number of allylic oxidation sites excluding steroid dienone is 2. The molecule has 0 saturated carbocycles. The van der Waals surface area contributed by atoms with Crippen LogP contribution < -0.4 is 0 Å². The van der Waals surface area contributed by atoms with Crippen molar-refractivity contribution in [3.63, 3.8) is 0 Å². The van der Waals surface area contributed by atoms with Crippen LogP contribution in [0.5, 0.6) is 0 Å². The van der Waals surface area contributed by atoms with Gasteiger partial charge in [-0.3, -0.25) is 0 Å². The van der Waals surface area contributed by atoms with Gasteiger partial charge in [0.25, 0.3) is 0 Å². The smallest absolute Gasteiger partial charge is 0.110 e. The minimum atomic E-state index is 0.279. The van der Waals surface area contributed by atoms with Crippen LogP contribution in [-0.2, 0) is 0 Å². The molecule has 0 saturated heterocycles. The van der Waals surface area contributed by atoms with Crippen LogP contribution in [0.2, 0.25) is 0 Å². The van der Waals surface area contributed by atoms with Gasteiger partial charge in [0.2, 0.25) is 0 Å². The molecule has 0 amide bonds. The molecule has 0 aliphatic rings. The second kappa shape index (κ2) is 8.10. The summed E-state index contributed by atoms with van der Waals surface area (Å²) in [5.74, 6) is 0.642. The Kier molecular flexibility index (Phi) is 5.38. The molecule has 4 aromatic rings. The van der Waals surface area contributed by atoms with E-state index in [1.54, 1.807) is 0 Å². The first-order chi connectivity index (χ1) is 13.6. The minimum absolute atomic E-state index is 0.279. The Hall–Kier alpha value is -2.74. The quantitative estimate of drug-likeness (QED) is 0.300. The maximum Gasteiger partial charge on any atom is 0.110 e. The highest BCUT2D eigenvalue weighted by molar-refractivity contribution is 5.81. The lowest BCUT2D eigenvalue weighted by Crippen LogP contribution is -2.19. The monoisotopic (exact) mass is 370 g/mol. The van der Waals surface area contributed by atoms with Gasteiger partial charge in [0.1, 0.15) is 6.17 Å². The molecule has 0 N–H and O–H groups in total. The predicted octanol–water partition coefficient (Wildman–Crippen LogP) is 7.42. The van der Waals surface area contributed by atoms with Gasteiger partial charge in [0.05, 0.1) is 0 Å². The number of rotatable bonds is 7. The van der Waals surface area contributed by atoms with Crippen molar-refractivity contribution in [2.24, 2.45) is 5.92 Å². The molecule has 0 aliphatic heterocycles. The van der Waals surface area contributed by atoms with Gasteiger partial charge >= 0.3 is 0 Å². The van der Waals surface area contributed by atoms with Crippen molar-refractivity contribution >= 4 is 21.8 Å². The summed E-state index contributed by atoms with van der Waals surface area (Å²) in [5.41, 5.74) is 4.03. The summed E-state index contributed by atoms with van der Waals surface area (Å²) in [4.78, 5) is 0. The number of para-hydroxylation sites is 2. The summed E-state index contributed by atoms with van der Waals surface area (Å²) in [5, 5.41) is 2.61. The van der Waals surface area contributed by atoms with Crippen molar-refractivity contribution in [1.82, 2.24) is 9.13 Å². The fraction of sp³-hybridized carbons (Fsp3) is 0.308. The second-order valence-electron chi connectivity index (χ2n) is 8.24. The van der Waals surface area contributed by atoms with Gasteiger partial charge in [-0.05, 0) is 74.1 Å². The van der Waals surface area contributed by atoms with Crippen LogP contribution in [0.1, 0.15) is 46.2 Å². The van der Waals surface area contributed by atoms with Crippen molar-refractivity contribution in [3.05, 3.63) is 84.7 Å². The Morgan fingerprint density at radius 3 is 1.89 bits per heavy atom. The molecule has 1 unspecified atom stereocenters. The lowest BCUT2D eigenvalue weighted by molar-refractivity contribution is 0.342. The summed E-state index contributed by atoms with van der Waals surface area (Å²) in [6.07, 6.45) is 10.7. The van der Waals surface area contributed by atoms with Crippen molar-refractivity contribution in [2.45, 2.75) is 46.2 Å². The molecule has 0 aliphatic carbocycles. The van der Waals surface area contributed by atoms with Crippen LogP contribution in [-0.4, -0.2) is 9.13 Å². The number of fused-ring (bicyclic) bond motifs is 2. The van der Waals surface area contributed by atoms with E-state index in [1.807, 2.05) is 0 Å². The molecule has 0 fully saturated rings. The third-order valence-electron chi connectivity index (χ3n) is 5.73. The SMILES string of the molecule is CC(C)=CCCC(C)CC(n1ccc2ccccc21)n1ccc2ccccc21. The van der Waals surface area contributed by atoms with E-state index in [9.17, 15) is 0 Å². The van der Waals surface area contributed by atoms with Gasteiger partial charge < -0.3 is 9.13 Å². The van der Waals surface area contributed by atoms with Crippen LogP contribution in [0.15, 0.2) is 84.7 Å². The predicted molar refractivity (Wildman–Crippen MR) is 121 cm³/mol. The molecule has 2 nitrogen and oxygen atoms in total. The average Bonchev–Trinajstić information content (AvgIpc) is 3.30. The summed E-state index contributed by atoms with van der Waals surface area (Å²) in [6.45, 7) is 6.76. The summed E-state index contributed by atoms with van der Waals surface area (Å²) >= 11 is 0. The van der Waals surface area contributed by atoms with E-state index in [4.69, 9.17) is 0 Å². The fourth-order valence-electron chi connectivity index (χ4n) is 4.22. The normalized spacial score (nSPS) is 12.7. The highest BCUT2D eigenvalue weighted by Crippen LogP contribution is 2.31. The maximum absolute atomic E-state index is 2.46. The number of aromatic nitrogens is 2. The van der Waals surface area contributed by atoms with E-state index in [0.717, 1.165) is 12.8 Å². The lowest BCUT2D eigenvalue weighted by Gasteiger charge is -2.26. The standard InChI is InChI=1S/C26H30N2/c1-20(2)9-8-10-21(3)19-26(27-17-15-22-11-4-6-13-24(22)27)28-18-16-23-12-5-7-14-25(23)28/h4-7,9,11-18,21,26H,8,10,19H2,1-3H3. The van der Waals surface area contributed by atoms with Crippen LogP contribution in [0, 0.1) is 5.92 Å². The van der Waals surface area contributed by atoms with Crippen molar-refractivity contribution in [2.75, 3.05) is 0 Å². The van der Waals surface area contributed by atoms with Gasteiger partial charge in [0.15, 0.2) is 0 Å². The Morgan fingerprint density at radius 2 is 1.36 bits per heavy atom. The van der Waals surface area contributed by atoms with Gasteiger partial charge in [-0.2, -0.15) is 0 Å². The Balaban J connectivity index is 1.72. The van der Waals surface area contributed by atoms with E-state index in [2.05, 4.69) is 109 Å². The van der Waals surface area contributed by atoms with Gasteiger partial charge in [-0.15, -0.1) is 0 Å². The average molecular weight is 371 g/mol. The molecular weight excluding hydrogens is 340 g/mol. The van der Waals surface area contributed by atoms with Crippen LogP contribution in [0.25, 0.3) is 21.8 Å². The molecule has 0 radical (unpaired) electrons. The molecule has 2 aromatic carbocycles. The molecule has 2 heteroatoms. The second-order valence-corrected chi connectivity index (χ2v) is 8.24. The number of hydrogen-bond acceptors (Lipinski definition) is 0. The minimum Gasteiger partial charge on any atom is -0.326 e. The maximum atomic E-state index is 2.46. The largest absolute Gasteiger partial charge is 0.326 e. The summed E-state index contributed by atoms with van der Waals surface area (Å²) in [6, 6.07) is 21.9. The van der Waals surface area contributed by atoms with Gasteiger partial charge in [0, 0.05) is 23.4 Å². The first kappa shape index (κ1) is 18.6. The Labute approximate surface area is 168 Å². The Morgan fingerprint density at radius 1 is 0.821 bits per heavy atom. The van der Waals surface area contributed by atoms with Crippen molar-refractivity contribution < 1.29 is 0 Å². The van der Waals surface area contributed by atoms with Crippen LogP contribution in [0.4, 0.5) is 0 Å². The first-order valence-electron chi connectivity index (χ1n) is 10.4. The topological polar surface area (TPSA) is 9.86 Å². The molecule has 0 bridgehead atoms. The third-order valence-corrected chi connectivity index (χ3v) is 5.73. The Bertz CT molecular complexity index is 1020. The van der Waals surface area contributed by atoms with E-state index in [0.29, 0.717) is 5.92 Å². The van der Waals surface area contributed by atoms with Gasteiger partial charge in [-0.25, -0.2) is 0 Å². The summed E-state index contributed by atoms with van der Waals surface area (Å²) < 4.78 is 4.92. The lowest BCUT2D eigenvalue weighted by atomic mass is 9.99. The molecule has 1 atom stereocenters. The zero-order chi connectivity index (χ0) is 19.5. The van der Waals surface area contributed by atoms with E-state index in [-0.39, 0.29) is 6.17 Å². The van der Waals surface area contributed by atoms with Gasteiger partial charge in [-0.1, -0.05) is 55.0 Å². The number of benzene rings is 2. The van der Waals surface area contributed by atoms with E-state index in [1.165, 1.54) is 33.8 Å². The molecule has 28 heavy (non-hydrogen) atoms. The fourth-order valence-corrected chi connectivity index (χ4v) is 4.22.